The number of ether oxygens (including phenoxy) is 2. The van der Waals surface area contributed by atoms with Crippen LogP contribution in [-0.2, 0) is 6.54 Å². The lowest BCUT2D eigenvalue weighted by molar-refractivity contribution is 0.101. The van der Waals surface area contributed by atoms with Crippen LogP contribution in [0.1, 0.15) is 15.9 Å². The van der Waals surface area contributed by atoms with Gasteiger partial charge in [0.2, 0.25) is 5.13 Å². The smallest absolute Gasteiger partial charge is 0.206 e. The highest BCUT2D eigenvalue weighted by atomic mass is 32.2. The molecule has 0 saturated heterocycles. The maximum absolute atomic E-state index is 12.6. The fourth-order valence-corrected chi connectivity index (χ4v) is 3.98. The van der Waals surface area contributed by atoms with Gasteiger partial charge in [-0.1, -0.05) is 53.4 Å². The van der Waals surface area contributed by atoms with Crippen LogP contribution in [0, 0.1) is 0 Å². The maximum atomic E-state index is 12.6. The van der Waals surface area contributed by atoms with Crippen molar-refractivity contribution in [1.29, 1.82) is 0 Å². The highest BCUT2D eigenvalue weighted by Crippen LogP contribution is 2.29. The first-order valence-corrected chi connectivity index (χ1v) is 9.99. The number of Topliss-reactive ketones (excluding diaryl/α,β-unsaturated/α-hetero) is 1. The van der Waals surface area contributed by atoms with Crippen LogP contribution in [0.15, 0.2) is 52.9 Å². The minimum atomic E-state index is -0.0512. The number of nitrogens with one attached hydrogen (secondary N) is 1. The molecule has 140 valence electrons. The summed E-state index contributed by atoms with van der Waals surface area (Å²) in [6, 6.07) is 15.2. The monoisotopic (exact) mass is 401 g/mol. The Kier molecular flexibility index (Phi) is 6.67. The number of hydrogen-bond donors (Lipinski definition) is 1. The molecule has 0 atom stereocenters. The standard InChI is InChI=1S/C19H19N3O3S2/c1-24-14-8-9-17(25-2)15(10-14)16(23)12-26-19-22-21-18(27-19)20-11-13-6-4-3-5-7-13/h3-10H,11-12H2,1-2H3,(H,20,21). The van der Waals surface area contributed by atoms with Crippen LogP contribution >= 0.6 is 23.1 Å². The molecule has 0 unspecified atom stereocenters. The number of rotatable bonds is 9. The maximum Gasteiger partial charge on any atom is 0.206 e. The second-order valence-electron chi connectivity index (χ2n) is 5.49. The topological polar surface area (TPSA) is 73.3 Å². The van der Waals surface area contributed by atoms with Crippen molar-refractivity contribution in [3.63, 3.8) is 0 Å². The molecule has 3 rings (SSSR count). The van der Waals surface area contributed by atoms with Crippen molar-refractivity contribution in [1.82, 2.24) is 10.2 Å². The number of ketones is 1. The molecule has 0 amide bonds. The fourth-order valence-electron chi connectivity index (χ4n) is 2.35. The number of methoxy groups -OCH3 is 2. The predicted octanol–water partition coefficient (Wildman–Crippen LogP) is 4.14. The van der Waals surface area contributed by atoms with Gasteiger partial charge >= 0.3 is 0 Å². The lowest BCUT2D eigenvalue weighted by Crippen LogP contribution is -2.05. The molecule has 0 fully saturated rings. The molecule has 0 bridgehead atoms. The summed E-state index contributed by atoms with van der Waals surface area (Å²) in [6.07, 6.45) is 0. The van der Waals surface area contributed by atoms with Gasteiger partial charge in [-0.15, -0.1) is 10.2 Å². The average molecular weight is 402 g/mol. The summed E-state index contributed by atoms with van der Waals surface area (Å²) in [5.41, 5.74) is 1.67. The zero-order valence-electron chi connectivity index (χ0n) is 15.0. The van der Waals surface area contributed by atoms with Gasteiger partial charge in [0.05, 0.1) is 25.5 Å². The van der Waals surface area contributed by atoms with Crippen molar-refractivity contribution in [3.05, 3.63) is 59.7 Å². The van der Waals surface area contributed by atoms with E-state index in [0.717, 1.165) is 9.47 Å². The van der Waals surface area contributed by atoms with Crippen LogP contribution < -0.4 is 14.8 Å². The first kappa shape index (κ1) is 19.2. The Bertz CT molecular complexity index is 900. The van der Waals surface area contributed by atoms with Crippen molar-refractivity contribution >= 4 is 34.0 Å². The van der Waals surface area contributed by atoms with Crippen LogP contribution in [0.4, 0.5) is 5.13 Å². The Balaban J connectivity index is 1.57. The van der Waals surface area contributed by atoms with E-state index in [1.807, 2.05) is 30.3 Å². The third kappa shape index (κ3) is 5.21. The minimum Gasteiger partial charge on any atom is -0.497 e. The van der Waals surface area contributed by atoms with Gasteiger partial charge in [-0.05, 0) is 23.8 Å². The molecule has 1 heterocycles. The number of carbonyl (C=O) groups excluding carboxylic acids is 1. The van der Waals surface area contributed by atoms with Gasteiger partial charge in [0.15, 0.2) is 10.1 Å². The van der Waals surface area contributed by atoms with Gasteiger partial charge in [-0.25, -0.2) is 0 Å². The molecule has 1 aromatic heterocycles. The summed E-state index contributed by atoms with van der Waals surface area (Å²) in [4.78, 5) is 12.6. The summed E-state index contributed by atoms with van der Waals surface area (Å²) >= 11 is 2.79. The number of thioether (sulfide) groups is 1. The second-order valence-corrected chi connectivity index (χ2v) is 7.69. The molecular weight excluding hydrogens is 382 g/mol. The number of carbonyl (C=O) groups is 1. The molecule has 8 heteroatoms. The van der Waals surface area contributed by atoms with E-state index in [-0.39, 0.29) is 11.5 Å². The van der Waals surface area contributed by atoms with Crippen LogP contribution in [0.2, 0.25) is 0 Å². The van der Waals surface area contributed by atoms with E-state index in [4.69, 9.17) is 9.47 Å². The zero-order valence-corrected chi connectivity index (χ0v) is 16.6. The normalized spacial score (nSPS) is 10.4. The summed E-state index contributed by atoms with van der Waals surface area (Å²) in [7, 11) is 3.11. The SMILES string of the molecule is COc1ccc(OC)c(C(=O)CSc2nnc(NCc3ccccc3)s2)c1. The van der Waals surface area contributed by atoms with E-state index in [1.54, 1.807) is 32.4 Å². The lowest BCUT2D eigenvalue weighted by atomic mass is 10.1. The van der Waals surface area contributed by atoms with E-state index in [1.165, 1.54) is 28.7 Å². The van der Waals surface area contributed by atoms with E-state index < -0.39 is 0 Å². The summed E-state index contributed by atoms with van der Waals surface area (Å²) in [5.74, 6) is 1.35. The summed E-state index contributed by atoms with van der Waals surface area (Å²) in [5, 5.41) is 12.2. The first-order chi connectivity index (χ1) is 13.2. The quantitative estimate of drug-likeness (QED) is 0.427. The molecule has 1 N–H and O–H groups in total. The summed E-state index contributed by atoms with van der Waals surface area (Å²) in [6.45, 7) is 0.681. The van der Waals surface area contributed by atoms with Crippen molar-refractivity contribution in [2.75, 3.05) is 25.3 Å². The van der Waals surface area contributed by atoms with Gasteiger partial charge < -0.3 is 14.8 Å². The molecule has 0 aliphatic rings. The molecular formula is C19H19N3O3S2. The second kappa shape index (κ2) is 9.38. The van der Waals surface area contributed by atoms with Gasteiger partial charge in [0, 0.05) is 6.54 Å². The van der Waals surface area contributed by atoms with Crippen molar-refractivity contribution < 1.29 is 14.3 Å². The molecule has 6 nitrogen and oxygen atoms in total. The van der Waals surface area contributed by atoms with E-state index in [0.29, 0.717) is 23.6 Å². The summed E-state index contributed by atoms with van der Waals surface area (Å²) < 4.78 is 11.2. The van der Waals surface area contributed by atoms with Crippen LogP contribution in [0.25, 0.3) is 0 Å². The Hall–Kier alpha value is -2.58. The number of aromatic nitrogens is 2. The Morgan fingerprint density at radius 2 is 1.93 bits per heavy atom. The molecule has 0 spiro atoms. The van der Waals surface area contributed by atoms with Gasteiger partial charge in [0.1, 0.15) is 11.5 Å². The van der Waals surface area contributed by atoms with Gasteiger partial charge in [-0.3, -0.25) is 4.79 Å². The molecule has 27 heavy (non-hydrogen) atoms. The molecule has 0 aliphatic heterocycles. The fraction of sp³-hybridized carbons (Fsp3) is 0.211. The number of benzene rings is 2. The van der Waals surface area contributed by atoms with Crippen LogP contribution in [-0.4, -0.2) is 36.0 Å². The third-order valence-electron chi connectivity index (χ3n) is 3.73. The molecule has 0 radical (unpaired) electrons. The largest absolute Gasteiger partial charge is 0.497 e. The number of nitrogens with zero attached hydrogens (tertiary/aromatic N) is 2. The van der Waals surface area contributed by atoms with Crippen molar-refractivity contribution in [2.45, 2.75) is 10.9 Å². The van der Waals surface area contributed by atoms with Gasteiger partial charge in [0.25, 0.3) is 0 Å². The van der Waals surface area contributed by atoms with Crippen molar-refractivity contribution in [2.24, 2.45) is 0 Å². The van der Waals surface area contributed by atoms with E-state index >= 15 is 0 Å². The first-order valence-electron chi connectivity index (χ1n) is 8.19. The molecule has 3 aromatic rings. The van der Waals surface area contributed by atoms with Crippen molar-refractivity contribution in [3.8, 4) is 11.5 Å². The van der Waals surface area contributed by atoms with Crippen LogP contribution in [0.5, 0.6) is 11.5 Å². The van der Waals surface area contributed by atoms with Gasteiger partial charge in [-0.2, -0.15) is 0 Å². The molecule has 0 aliphatic carbocycles. The number of hydrogen-bond acceptors (Lipinski definition) is 8. The Morgan fingerprint density at radius 1 is 1.11 bits per heavy atom. The highest BCUT2D eigenvalue weighted by Gasteiger charge is 2.15. The average Bonchev–Trinajstić information content (AvgIpc) is 3.18. The number of anilines is 1. The Morgan fingerprint density at radius 3 is 2.67 bits per heavy atom. The highest BCUT2D eigenvalue weighted by molar-refractivity contribution is 8.01. The van der Waals surface area contributed by atoms with Crippen LogP contribution in [0.3, 0.4) is 0 Å². The van der Waals surface area contributed by atoms with E-state index in [9.17, 15) is 4.79 Å². The third-order valence-corrected chi connectivity index (χ3v) is 5.74. The minimum absolute atomic E-state index is 0.0512. The predicted molar refractivity (Wildman–Crippen MR) is 108 cm³/mol. The Labute approximate surface area is 165 Å². The molecule has 0 saturated carbocycles. The zero-order chi connectivity index (χ0) is 19.1. The lowest BCUT2D eigenvalue weighted by Gasteiger charge is -2.09. The van der Waals surface area contributed by atoms with E-state index in [2.05, 4.69) is 15.5 Å². The molecule has 2 aromatic carbocycles.